The zero-order valence-electron chi connectivity index (χ0n) is 8.73. The minimum absolute atomic E-state index is 0.0441. The van der Waals surface area contributed by atoms with Crippen LogP contribution in [0.25, 0.3) is 6.08 Å². The van der Waals surface area contributed by atoms with E-state index < -0.39 is 0 Å². The van der Waals surface area contributed by atoms with Crippen LogP contribution >= 0.6 is 0 Å². The first-order chi connectivity index (χ1) is 6.64. The molecule has 0 aliphatic carbocycles. The number of aldehydes is 1. The van der Waals surface area contributed by atoms with E-state index in [4.69, 9.17) is 0 Å². The van der Waals surface area contributed by atoms with E-state index in [-0.39, 0.29) is 5.41 Å². The molecule has 14 heavy (non-hydrogen) atoms. The highest BCUT2D eigenvalue weighted by Crippen LogP contribution is 2.21. The number of carbonyl (C=O) groups is 1. The van der Waals surface area contributed by atoms with Crippen molar-refractivity contribution in [3.63, 3.8) is 0 Å². The normalized spacial score (nSPS) is 11.9. The van der Waals surface area contributed by atoms with Crippen LogP contribution in [0.4, 0.5) is 0 Å². The van der Waals surface area contributed by atoms with Gasteiger partial charge < -0.3 is 4.79 Å². The molecule has 0 aliphatic rings. The summed E-state index contributed by atoms with van der Waals surface area (Å²) in [5, 5.41) is 0. The molecule has 0 saturated carbocycles. The topological polar surface area (TPSA) is 17.1 Å². The molecule has 0 bridgehead atoms. The lowest BCUT2D eigenvalue weighted by atomic mass is 9.89. The Morgan fingerprint density at radius 3 is 2.43 bits per heavy atom. The van der Waals surface area contributed by atoms with Gasteiger partial charge in [0.2, 0.25) is 0 Å². The van der Waals surface area contributed by atoms with E-state index in [0.717, 1.165) is 6.29 Å². The van der Waals surface area contributed by atoms with Gasteiger partial charge in [-0.3, -0.25) is 0 Å². The van der Waals surface area contributed by atoms with Crippen molar-refractivity contribution in [1.29, 1.82) is 0 Å². The van der Waals surface area contributed by atoms with Crippen LogP contribution in [0.5, 0.6) is 0 Å². The summed E-state index contributed by atoms with van der Waals surface area (Å²) < 4.78 is 0. The number of carbonyl (C=O) groups excluding carboxylic acids is 1. The van der Waals surface area contributed by atoms with Crippen molar-refractivity contribution in [3.05, 3.63) is 42.0 Å². The fourth-order valence-corrected chi connectivity index (χ4v) is 1.17. The average Bonchev–Trinajstić information content (AvgIpc) is 2.17. The predicted molar refractivity (Wildman–Crippen MR) is 59.9 cm³/mol. The Morgan fingerprint density at radius 2 is 1.86 bits per heavy atom. The minimum atomic E-state index is -0.0441. The number of rotatable bonds is 4. The second kappa shape index (κ2) is 4.75. The number of hydrogen-bond acceptors (Lipinski definition) is 1. The van der Waals surface area contributed by atoms with Crippen molar-refractivity contribution in [2.24, 2.45) is 5.41 Å². The number of benzene rings is 1. The van der Waals surface area contributed by atoms with Gasteiger partial charge in [-0.25, -0.2) is 0 Å². The van der Waals surface area contributed by atoms with Gasteiger partial charge in [0.05, 0.1) is 0 Å². The fraction of sp³-hybridized carbons (Fsp3) is 0.308. The molecule has 1 nitrogen and oxygen atoms in total. The van der Waals surface area contributed by atoms with Crippen molar-refractivity contribution in [2.75, 3.05) is 0 Å². The standard InChI is InChI=1S/C13H16O/c1-13(2,10-11-14)9-8-12-6-4-3-5-7-12/h3-9,11H,10H2,1-2H3/b9-8+. The summed E-state index contributed by atoms with van der Waals surface area (Å²) in [6, 6.07) is 10.1. The van der Waals surface area contributed by atoms with E-state index in [1.165, 1.54) is 5.56 Å². The van der Waals surface area contributed by atoms with Crippen LogP contribution in [0.3, 0.4) is 0 Å². The first-order valence-corrected chi connectivity index (χ1v) is 4.82. The largest absolute Gasteiger partial charge is 0.303 e. The van der Waals surface area contributed by atoms with Gasteiger partial charge >= 0.3 is 0 Å². The van der Waals surface area contributed by atoms with E-state index in [0.29, 0.717) is 6.42 Å². The molecule has 0 N–H and O–H groups in total. The third kappa shape index (κ3) is 3.56. The molecule has 0 unspecified atom stereocenters. The number of hydrogen-bond donors (Lipinski definition) is 0. The maximum Gasteiger partial charge on any atom is 0.120 e. The Bertz CT molecular complexity index is 309. The summed E-state index contributed by atoms with van der Waals surface area (Å²) in [5.41, 5.74) is 1.13. The van der Waals surface area contributed by atoms with Gasteiger partial charge in [0.1, 0.15) is 6.29 Å². The molecule has 1 rings (SSSR count). The van der Waals surface area contributed by atoms with Gasteiger partial charge in [0.25, 0.3) is 0 Å². The highest BCUT2D eigenvalue weighted by molar-refractivity contribution is 5.54. The molecule has 1 aromatic rings. The monoisotopic (exact) mass is 188 g/mol. The van der Waals surface area contributed by atoms with Crippen molar-refractivity contribution in [2.45, 2.75) is 20.3 Å². The van der Waals surface area contributed by atoms with Crippen LogP contribution in [0, 0.1) is 5.41 Å². The lowest BCUT2D eigenvalue weighted by molar-refractivity contribution is -0.109. The molecule has 0 aromatic heterocycles. The van der Waals surface area contributed by atoms with E-state index in [2.05, 4.69) is 26.0 Å². The Hall–Kier alpha value is -1.37. The van der Waals surface area contributed by atoms with E-state index in [9.17, 15) is 4.79 Å². The lowest BCUT2D eigenvalue weighted by Gasteiger charge is -2.15. The van der Waals surface area contributed by atoms with E-state index >= 15 is 0 Å². The molecular weight excluding hydrogens is 172 g/mol. The Morgan fingerprint density at radius 1 is 1.21 bits per heavy atom. The van der Waals surface area contributed by atoms with Crippen molar-refractivity contribution in [3.8, 4) is 0 Å². The fourth-order valence-electron chi connectivity index (χ4n) is 1.17. The highest BCUT2D eigenvalue weighted by atomic mass is 16.1. The van der Waals surface area contributed by atoms with Crippen LogP contribution < -0.4 is 0 Å². The molecular formula is C13H16O. The molecule has 0 radical (unpaired) electrons. The molecule has 1 aromatic carbocycles. The van der Waals surface area contributed by atoms with Gasteiger partial charge in [0.15, 0.2) is 0 Å². The number of allylic oxidation sites excluding steroid dienone is 1. The zero-order valence-corrected chi connectivity index (χ0v) is 8.73. The minimum Gasteiger partial charge on any atom is -0.303 e. The van der Waals surface area contributed by atoms with Gasteiger partial charge in [-0.05, 0) is 11.0 Å². The summed E-state index contributed by atoms with van der Waals surface area (Å²) in [4.78, 5) is 10.4. The van der Waals surface area contributed by atoms with Crippen molar-refractivity contribution in [1.82, 2.24) is 0 Å². The smallest absolute Gasteiger partial charge is 0.120 e. The van der Waals surface area contributed by atoms with Crippen molar-refractivity contribution < 1.29 is 4.79 Å². The molecule has 0 saturated heterocycles. The van der Waals surface area contributed by atoms with Crippen LogP contribution in [-0.4, -0.2) is 6.29 Å². The second-order valence-electron chi connectivity index (χ2n) is 4.10. The molecule has 74 valence electrons. The van der Waals surface area contributed by atoms with Crippen molar-refractivity contribution >= 4 is 12.4 Å². The van der Waals surface area contributed by atoms with Gasteiger partial charge in [0, 0.05) is 6.42 Å². The summed E-state index contributed by atoms with van der Waals surface area (Å²) in [5.74, 6) is 0. The maximum absolute atomic E-state index is 10.4. The molecule has 0 spiro atoms. The lowest BCUT2D eigenvalue weighted by Crippen LogP contribution is -2.07. The molecule has 0 fully saturated rings. The quantitative estimate of drug-likeness (QED) is 0.662. The first-order valence-electron chi connectivity index (χ1n) is 4.82. The Balaban J connectivity index is 2.68. The third-order valence-corrected chi connectivity index (χ3v) is 2.14. The Labute approximate surface area is 85.5 Å². The van der Waals surface area contributed by atoms with Crippen LogP contribution in [0.2, 0.25) is 0 Å². The summed E-state index contributed by atoms with van der Waals surface area (Å²) >= 11 is 0. The van der Waals surface area contributed by atoms with Crippen LogP contribution in [0.1, 0.15) is 25.8 Å². The second-order valence-corrected chi connectivity index (χ2v) is 4.10. The predicted octanol–water partition coefficient (Wildman–Crippen LogP) is 3.32. The molecule has 1 heteroatoms. The zero-order chi connectivity index (χ0) is 10.4. The van der Waals surface area contributed by atoms with Crippen LogP contribution in [0.15, 0.2) is 36.4 Å². The highest BCUT2D eigenvalue weighted by Gasteiger charge is 2.11. The first kappa shape index (κ1) is 10.7. The molecule has 0 atom stereocenters. The van der Waals surface area contributed by atoms with E-state index in [1.54, 1.807) is 0 Å². The summed E-state index contributed by atoms with van der Waals surface area (Å²) in [7, 11) is 0. The average molecular weight is 188 g/mol. The van der Waals surface area contributed by atoms with E-state index in [1.807, 2.05) is 30.3 Å². The molecule has 0 amide bonds. The van der Waals surface area contributed by atoms with Gasteiger partial charge in [-0.2, -0.15) is 0 Å². The molecule has 0 aliphatic heterocycles. The van der Waals surface area contributed by atoms with Gasteiger partial charge in [-0.15, -0.1) is 0 Å². The third-order valence-electron chi connectivity index (χ3n) is 2.14. The van der Waals surface area contributed by atoms with Crippen LogP contribution in [-0.2, 0) is 4.79 Å². The SMILES string of the molecule is CC(C)(/C=C/c1ccccc1)CC=O. The maximum atomic E-state index is 10.4. The summed E-state index contributed by atoms with van der Waals surface area (Å²) in [6.45, 7) is 4.11. The Kier molecular flexibility index (Phi) is 3.63. The van der Waals surface area contributed by atoms with Gasteiger partial charge in [-0.1, -0.05) is 56.3 Å². The summed E-state index contributed by atoms with van der Waals surface area (Å²) in [6.07, 6.45) is 5.67. The molecule has 0 heterocycles.